The second-order valence-electron chi connectivity index (χ2n) is 4.14. The van der Waals surface area contributed by atoms with Crippen molar-refractivity contribution >= 4 is 0 Å². The van der Waals surface area contributed by atoms with Crippen molar-refractivity contribution in [2.75, 3.05) is 6.61 Å². The monoisotopic (exact) mass is 243 g/mol. The summed E-state index contributed by atoms with van der Waals surface area (Å²) in [5, 5.41) is 10.3. The summed E-state index contributed by atoms with van der Waals surface area (Å²) in [4.78, 5) is 4.23. The zero-order valence-corrected chi connectivity index (χ0v) is 10.6. The molecule has 0 aliphatic heterocycles. The number of aryl methyl sites for hydroxylation is 1. The fourth-order valence-electron chi connectivity index (χ4n) is 1.85. The van der Waals surface area contributed by atoms with Crippen molar-refractivity contribution in [1.82, 2.24) is 4.98 Å². The van der Waals surface area contributed by atoms with Gasteiger partial charge >= 0.3 is 0 Å². The van der Waals surface area contributed by atoms with Crippen LogP contribution in [-0.2, 0) is 0 Å². The number of nitrogens with zero attached hydrogens (tertiary/aromatic N) is 1. The van der Waals surface area contributed by atoms with Gasteiger partial charge in [-0.15, -0.1) is 0 Å². The molecule has 0 saturated heterocycles. The van der Waals surface area contributed by atoms with Gasteiger partial charge in [-0.2, -0.15) is 0 Å². The van der Waals surface area contributed by atoms with Gasteiger partial charge in [0.15, 0.2) is 0 Å². The molecule has 0 aliphatic carbocycles. The number of benzene rings is 1. The van der Waals surface area contributed by atoms with E-state index in [-0.39, 0.29) is 0 Å². The number of rotatable bonds is 4. The van der Waals surface area contributed by atoms with Crippen LogP contribution in [-0.4, -0.2) is 16.7 Å². The molecule has 3 heteroatoms. The van der Waals surface area contributed by atoms with Crippen molar-refractivity contribution in [3.63, 3.8) is 0 Å². The minimum absolute atomic E-state index is 0.592. The Morgan fingerprint density at radius 1 is 1.22 bits per heavy atom. The van der Waals surface area contributed by atoms with E-state index in [4.69, 9.17) is 4.74 Å². The van der Waals surface area contributed by atoms with Crippen molar-refractivity contribution in [2.45, 2.75) is 20.0 Å². The lowest BCUT2D eigenvalue weighted by molar-refractivity contribution is 0.219. The third-order valence-electron chi connectivity index (χ3n) is 2.76. The third-order valence-corrected chi connectivity index (χ3v) is 2.76. The van der Waals surface area contributed by atoms with E-state index < -0.39 is 6.10 Å². The lowest BCUT2D eigenvalue weighted by atomic mass is 10.0. The van der Waals surface area contributed by atoms with E-state index in [0.29, 0.717) is 12.5 Å². The Bertz CT molecular complexity index is 511. The number of ether oxygens (including phenoxy) is 1. The van der Waals surface area contributed by atoms with Gasteiger partial charge in [0.25, 0.3) is 0 Å². The predicted molar refractivity (Wildman–Crippen MR) is 70.6 cm³/mol. The molecule has 1 aromatic heterocycles. The third kappa shape index (κ3) is 2.68. The fourth-order valence-corrected chi connectivity index (χ4v) is 1.85. The van der Waals surface area contributed by atoms with E-state index in [2.05, 4.69) is 4.98 Å². The van der Waals surface area contributed by atoms with Crippen molar-refractivity contribution in [1.29, 1.82) is 0 Å². The molecular formula is C15H17NO2. The van der Waals surface area contributed by atoms with Crippen molar-refractivity contribution in [2.24, 2.45) is 0 Å². The van der Waals surface area contributed by atoms with E-state index in [1.165, 1.54) is 0 Å². The Morgan fingerprint density at radius 2 is 1.94 bits per heavy atom. The first-order valence-corrected chi connectivity index (χ1v) is 6.04. The van der Waals surface area contributed by atoms with Crippen LogP contribution in [0, 0.1) is 6.92 Å². The zero-order valence-electron chi connectivity index (χ0n) is 10.6. The summed E-state index contributed by atoms with van der Waals surface area (Å²) < 4.78 is 5.38. The van der Waals surface area contributed by atoms with E-state index in [9.17, 15) is 5.11 Å². The lowest BCUT2D eigenvalue weighted by Crippen LogP contribution is -2.03. The quantitative estimate of drug-likeness (QED) is 0.897. The predicted octanol–water partition coefficient (Wildman–Crippen LogP) is 2.87. The van der Waals surface area contributed by atoms with Crippen LogP contribution in [0.1, 0.15) is 29.7 Å². The molecule has 1 N–H and O–H groups in total. The first-order chi connectivity index (χ1) is 8.72. The maximum Gasteiger partial charge on any atom is 0.216 e. The smallest absolute Gasteiger partial charge is 0.216 e. The van der Waals surface area contributed by atoms with Crippen LogP contribution in [0.15, 0.2) is 42.6 Å². The van der Waals surface area contributed by atoms with E-state index >= 15 is 0 Å². The molecule has 1 heterocycles. The number of aromatic nitrogens is 1. The zero-order chi connectivity index (χ0) is 13.0. The molecule has 0 saturated carbocycles. The maximum absolute atomic E-state index is 10.3. The van der Waals surface area contributed by atoms with Gasteiger partial charge in [0.1, 0.15) is 6.10 Å². The number of hydrogen-bond donors (Lipinski definition) is 1. The second-order valence-corrected chi connectivity index (χ2v) is 4.14. The first kappa shape index (κ1) is 12.6. The highest BCUT2D eigenvalue weighted by Crippen LogP contribution is 2.24. The van der Waals surface area contributed by atoms with Crippen LogP contribution < -0.4 is 4.74 Å². The minimum Gasteiger partial charge on any atom is -0.478 e. The molecule has 0 fully saturated rings. The van der Waals surface area contributed by atoms with Gasteiger partial charge in [-0.25, -0.2) is 4.98 Å². The molecule has 2 rings (SSSR count). The molecule has 1 aromatic carbocycles. The molecule has 18 heavy (non-hydrogen) atoms. The fraction of sp³-hybridized carbons (Fsp3) is 0.267. The van der Waals surface area contributed by atoms with E-state index in [0.717, 1.165) is 16.7 Å². The maximum atomic E-state index is 10.3. The number of pyridine rings is 1. The van der Waals surface area contributed by atoms with Gasteiger partial charge in [0.2, 0.25) is 5.88 Å². The lowest BCUT2D eigenvalue weighted by Gasteiger charge is -2.13. The van der Waals surface area contributed by atoms with Crippen LogP contribution in [0.25, 0.3) is 0 Å². The molecule has 3 nitrogen and oxygen atoms in total. The average Bonchev–Trinajstić information content (AvgIpc) is 2.41. The van der Waals surface area contributed by atoms with Gasteiger partial charge in [-0.3, -0.25) is 0 Å². The van der Waals surface area contributed by atoms with Crippen LogP contribution >= 0.6 is 0 Å². The molecule has 0 spiro atoms. The molecule has 1 atom stereocenters. The summed E-state index contributed by atoms with van der Waals surface area (Å²) in [6.07, 6.45) is 1.02. The van der Waals surface area contributed by atoms with E-state index in [1.807, 2.05) is 50.2 Å². The van der Waals surface area contributed by atoms with Crippen molar-refractivity contribution < 1.29 is 9.84 Å². The Morgan fingerprint density at radius 3 is 2.56 bits per heavy atom. The van der Waals surface area contributed by atoms with Crippen molar-refractivity contribution in [3.8, 4) is 5.88 Å². The number of aliphatic hydroxyl groups is 1. The van der Waals surface area contributed by atoms with Gasteiger partial charge in [0, 0.05) is 17.3 Å². The first-order valence-electron chi connectivity index (χ1n) is 6.04. The standard InChI is InChI=1S/C15H17NO2/c1-3-18-15-11(2)9-13(10-16-15)14(17)12-7-5-4-6-8-12/h4-10,14,17H,3H2,1-2H3. The Labute approximate surface area is 107 Å². The van der Waals surface area contributed by atoms with Crippen LogP contribution in [0.2, 0.25) is 0 Å². The van der Waals surface area contributed by atoms with Gasteiger partial charge in [-0.1, -0.05) is 30.3 Å². The Hall–Kier alpha value is -1.87. The van der Waals surface area contributed by atoms with E-state index in [1.54, 1.807) is 6.20 Å². The van der Waals surface area contributed by atoms with Crippen LogP contribution in [0.3, 0.4) is 0 Å². The molecule has 94 valence electrons. The Kier molecular flexibility index (Phi) is 3.95. The van der Waals surface area contributed by atoms with Crippen LogP contribution in [0.4, 0.5) is 0 Å². The molecule has 1 unspecified atom stereocenters. The van der Waals surface area contributed by atoms with Gasteiger partial charge in [-0.05, 0) is 25.5 Å². The minimum atomic E-state index is -0.645. The molecule has 2 aromatic rings. The normalized spacial score (nSPS) is 12.2. The molecule has 0 radical (unpaired) electrons. The summed E-state index contributed by atoms with van der Waals surface area (Å²) in [5.41, 5.74) is 2.58. The topological polar surface area (TPSA) is 42.4 Å². The molecule has 0 bridgehead atoms. The summed E-state index contributed by atoms with van der Waals surface area (Å²) >= 11 is 0. The average molecular weight is 243 g/mol. The Balaban J connectivity index is 2.26. The number of aliphatic hydroxyl groups excluding tert-OH is 1. The second kappa shape index (κ2) is 5.65. The van der Waals surface area contributed by atoms with Gasteiger partial charge < -0.3 is 9.84 Å². The summed E-state index contributed by atoms with van der Waals surface area (Å²) in [7, 11) is 0. The highest BCUT2D eigenvalue weighted by Gasteiger charge is 2.12. The summed E-state index contributed by atoms with van der Waals surface area (Å²) in [5.74, 6) is 0.626. The highest BCUT2D eigenvalue weighted by molar-refractivity contribution is 5.34. The summed E-state index contributed by atoms with van der Waals surface area (Å²) in [6, 6.07) is 11.5. The van der Waals surface area contributed by atoms with Crippen molar-refractivity contribution in [3.05, 3.63) is 59.3 Å². The highest BCUT2D eigenvalue weighted by atomic mass is 16.5. The SMILES string of the molecule is CCOc1ncc(C(O)c2ccccc2)cc1C. The molecule has 0 aliphatic rings. The molecule has 0 amide bonds. The summed E-state index contributed by atoms with van der Waals surface area (Å²) in [6.45, 7) is 4.45. The largest absolute Gasteiger partial charge is 0.478 e. The number of hydrogen-bond acceptors (Lipinski definition) is 3. The van der Waals surface area contributed by atoms with Gasteiger partial charge in [0.05, 0.1) is 6.61 Å². The van der Waals surface area contributed by atoms with Crippen LogP contribution in [0.5, 0.6) is 5.88 Å². The molecular weight excluding hydrogens is 226 g/mol.